The van der Waals surface area contributed by atoms with Gasteiger partial charge in [-0.1, -0.05) is 334 Å². The Bertz CT molecular complexity index is 9250. The van der Waals surface area contributed by atoms with Crippen LogP contribution in [0.2, 0.25) is 0 Å². The Balaban J connectivity index is 0.000000102. The van der Waals surface area contributed by atoms with Gasteiger partial charge in [0.1, 0.15) is 11.3 Å². The van der Waals surface area contributed by atoms with Gasteiger partial charge in [-0.25, -0.2) is 44.9 Å². The number of hydrogen-bond acceptors (Lipinski definition) is 12. The van der Waals surface area contributed by atoms with Crippen LogP contribution in [0.3, 0.4) is 0 Å². The second kappa shape index (κ2) is 30.9. The summed E-state index contributed by atoms with van der Waals surface area (Å²) in [5, 5.41) is 15.6. The third-order valence-corrected chi connectivity index (χ3v) is 27.3. The van der Waals surface area contributed by atoms with Crippen LogP contribution in [0.4, 0.5) is 0 Å². The monoisotopic (exact) mass is 1750 g/mol. The molecule has 0 bridgehead atoms. The van der Waals surface area contributed by atoms with Crippen LogP contribution < -0.4 is 0 Å². The quantitative estimate of drug-likeness (QED) is 0.119. The van der Waals surface area contributed by atoms with Crippen molar-refractivity contribution in [2.24, 2.45) is 0 Å². The first-order valence-electron chi connectivity index (χ1n) is 45.9. The molecule has 0 fully saturated rings. The summed E-state index contributed by atoms with van der Waals surface area (Å²) in [7, 11) is 0. The van der Waals surface area contributed by atoms with E-state index in [4.69, 9.17) is 59.8 Å². The van der Waals surface area contributed by atoms with Crippen molar-refractivity contribution in [1.29, 1.82) is 0 Å². The first kappa shape index (κ1) is 77.0. The molecule has 0 saturated heterocycles. The maximum Gasteiger partial charge on any atom is 0.165 e. The van der Waals surface area contributed by atoms with Crippen LogP contribution in [0.5, 0.6) is 0 Å². The van der Waals surface area contributed by atoms with E-state index in [1.807, 2.05) is 158 Å². The third kappa shape index (κ3) is 12.2. The molecule has 15 nitrogen and oxygen atoms in total. The predicted octanol–water partition coefficient (Wildman–Crippen LogP) is 29.5. The van der Waals surface area contributed by atoms with Crippen molar-refractivity contribution in [3.05, 3.63) is 431 Å². The van der Waals surface area contributed by atoms with Crippen LogP contribution in [0.15, 0.2) is 431 Å². The highest BCUT2D eigenvalue weighted by atomic mass is 15.1. The second-order valence-corrected chi connectivity index (χ2v) is 34.9. The van der Waals surface area contributed by atoms with E-state index >= 15 is 0 Å². The van der Waals surface area contributed by atoms with Crippen molar-refractivity contribution in [2.75, 3.05) is 0 Å². The number of nitrogens with zero attached hydrogens (tertiary/aromatic N) is 15. The highest BCUT2D eigenvalue weighted by molar-refractivity contribution is 6.33. The summed E-state index contributed by atoms with van der Waals surface area (Å²) in [6.07, 6.45) is 9.74. The van der Waals surface area contributed by atoms with Crippen molar-refractivity contribution in [3.63, 3.8) is 0 Å². The standard InChI is InChI=1S/2C41H24N6.C40H23N3/c1-3-10-26(11-4-1)38-44-39(27-12-5-2-6-13-27)46-40(45-38)28-15-7-16-29(24-28)47-33-20-19-25-14-8-17-30-31-18-9-22-42-37(31)32-21-23-43-41(47)35(32)36(33)34(25)30;1-3-11-25(12-4-1)39-44-40(26-13-5-2-6-14-26)46-41(45-39)27-15-9-16-28(21-27)47-34-23-42-22-32-30-18-8-7-17-29(30)31-19-10-20-33-36(31)38(37(32)34)35(47)24-43-33;1-2-11-26(12-3-1)38-40(42-39-27-14-5-4-10-24(27)20-22-32(39)41-38)43-33-19-9-18-31-29-16-7-6-15-28(29)30-17-8-13-25-21-23-34(43)37(35(25)30)36(31)33/h2*1-24H;1-23H. The summed E-state index contributed by atoms with van der Waals surface area (Å²) in [6.45, 7) is 0. The lowest BCUT2D eigenvalue weighted by Crippen LogP contribution is -2.04. The van der Waals surface area contributed by atoms with Crippen LogP contribution in [0.25, 0.3) is 283 Å². The number of pyridine rings is 4. The van der Waals surface area contributed by atoms with Crippen LogP contribution >= 0.6 is 0 Å². The minimum atomic E-state index is 0.611. The van der Waals surface area contributed by atoms with Gasteiger partial charge in [0.05, 0.1) is 62.2 Å². The number of benzene rings is 17. The summed E-state index contributed by atoms with van der Waals surface area (Å²) < 4.78 is 6.90. The minimum Gasteiger partial charge on any atom is -0.306 e. The SMILES string of the molecule is c1ccc(-c2nc(-c3ccccc3)nc(-c3cccc(-n4c5ccc6cccc7c6c5c5c(ccnc54)-c4ncccc4-7)c3)n2)cc1.c1ccc(-c2nc(-c3ccccc3)nc(-c3cccc(-n4c5cncc6c5c5c7c(cccc7ncc54)-c4ccccc4-6)c3)n2)cc1.c1ccc(-c2nc3ccc4ccccc4c3nc2-n2c3cccc4c3c3c5c(cccc5ccc32)-c2ccccc2-4)cc1. The Kier molecular flexibility index (Phi) is 17.4. The summed E-state index contributed by atoms with van der Waals surface area (Å²) in [5.74, 6) is 4.61. The highest BCUT2D eigenvalue weighted by Crippen LogP contribution is 2.54. The Morgan fingerprint density at radius 3 is 1.21 bits per heavy atom. The molecule has 0 aliphatic heterocycles. The number of hydrogen-bond donors (Lipinski definition) is 0. The van der Waals surface area contributed by atoms with Gasteiger partial charge < -0.3 is 4.57 Å². The van der Waals surface area contributed by atoms with Crippen molar-refractivity contribution in [1.82, 2.24) is 73.5 Å². The fourth-order valence-electron chi connectivity index (χ4n) is 21.4. The zero-order valence-corrected chi connectivity index (χ0v) is 73.2. The van der Waals surface area contributed by atoms with Crippen molar-refractivity contribution in [2.45, 2.75) is 0 Å². The lowest BCUT2D eigenvalue weighted by Gasteiger charge is -2.16. The smallest absolute Gasteiger partial charge is 0.165 e. The molecule has 0 atom stereocenters. The molecule has 0 saturated carbocycles. The Morgan fingerprint density at radius 2 is 0.613 bits per heavy atom. The molecule has 10 aromatic heterocycles. The average molecular weight is 1750 g/mol. The van der Waals surface area contributed by atoms with E-state index in [0.29, 0.717) is 34.9 Å². The maximum atomic E-state index is 5.52. The van der Waals surface area contributed by atoms with E-state index in [2.05, 4.69) is 287 Å². The van der Waals surface area contributed by atoms with E-state index in [1.165, 1.54) is 98.4 Å². The molecule has 3 aliphatic rings. The molecule has 634 valence electrons. The van der Waals surface area contributed by atoms with Gasteiger partial charge in [0.2, 0.25) is 0 Å². The zero-order valence-electron chi connectivity index (χ0n) is 73.2. The van der Waals surface area contributed by atoms with E-state index in [9.17, 15) is 0 Å². The largest absolute Gasteiger partial charge is 0.306 e. The predicted molar refractivity (Wildman–Crippen MR) is 555 cm³/mol. The fraction of sp³-hybridized carbons (Fsp3) is 0. The average Bonchev–Trinajstić information content (AvgIpc) is 1.54. The van der Waals surface area contributed by atoms with E-state index < -0.39 is 0 Å². The topological polar surface area (TPSA) is 169 Å². The Hall–Kier alpha value is -18.9. The Morgan fingerprint density at radius 1 is 0.190 bits per heavy atom. The van der Waals surface area contributed by atoms with Gasteiger partial charge in [0.15, 0.2) is 40.8 Å². The van der Waals surface area contributed by atoms with Crippen LogP contribution in [0, 0.1) is 0 Å². The van der Waals surface area contributed by atoms with Gasteiger partial charge in [-0.3, -0.25) is 24.1 Å². The third-order valence-electron chi connectivity index (χ3n) is 27.3. The van der Waals surface area contributed by atoms with Gasteiger partial charge in [0, 0.05) is 129 Å². The summed E-state index contributed by atoms with van der Waals surface area (Å²) >= 11 is 0. The summed E-state index contributed by atoms with van der Waals surface area (Å²) in [4.78, 5) is 60.3. The van der Waals surface area contributed by atoms with Gasteiger partial charge in [-0.05, 0) is 138 Å². The molecule has 3 aliphatic carbocycles. The molecule has 0 unspecified atom stereocenters. The molecular weight excluding hydrogens is 1680 g/mol. The zero-order chi connectivity index (χ0) is 89.9. The molecule has 17 aromatic carbocycles. The minimum absolute atomic E-state index is 0.611. The van der Waals surface area contributed by atoms with Gasteiger partial charge in [0.25, 0.3) is 0 Å². The molecule has 0 amide bonds. The van der Waals surface area contributed by atoms with Crippen LogP contribution in [0.1, 0.15) is 0 Å². The molecule has 0 spiro atoms. The molecule has 27 aromatic rings. The van der Waals surface area contributed by atoms with Gasteiger partial charge in [-0.15, -0.1) is 0 Å². The molecule has 0 N–H and O–H groups in total. The van der Waals surface area contributed by atoms with Crippen LogP contribution in [-0.4, -0.2) is 73.5 Å². The first-order chi connectivity index (χ1) is 68.0. The Labute approximate surface area is 783 Å². The molecule has 30 rings (SSSR count). The molecule has 10 heterocycles. The maximum absolute atomic E-state index is 5.52. The van der Waals surface area contributed by atoms with E-state index in [1.54, 1.807) is 0 Å². The lowest BCUT2D eigenvalue weighted by atomic mass is 9.93. The number of rotatable bonds is 10. The fourth-order valence-corrected chi connectivity index (χ4v) is 21.4. The first-order valence-corrected chi connectivity index (χ1v) is 45.9. The van der Waals surface area contributed by atoms with Crippen molar-refractivity contribution < 1.29 is 0 Å². The van der Waals surface area contributed by atoms with Crippen molar-refractivity contribution in [3.8, 4) is 164 Å². The number of aromatic nitrogens is 15. The molecule has 0 radical (unpaired) electrons. The van der Waals surface area contributed by atoms with Gasteiger partial charge >= 0.3 is 0 Å². The van der Waals surface area contributed by atoms with E-state index in [-0.39, 0.29) is 0 Å². The molecular formula is C122H71N15. The summed E-state index contributed by atoms with van der Waals surface area (Å²) in [5.41, 5.74) is 32.7. The molecule has 15 heteroatoms. The normalized spacial score (nSPS) is 11.9. The second-order valence-electron chi connectivity index (χ2n) is 34.9. The van der Waals surface area contributed by atoms with Crippen LogP contribution in [-0.2, 0) is 0 Å². The highest BCUT2D eigenvalue weighted by Gasteiger charge is 2.32. The van der Waals surface area contributed by atoms with E-state index in [0.717, 1.165) is 150 Å². The number of fused-ring (bicyclic) bond motifs is 12. The molecule has 137 heavy (non-hydrogen) atoms. The lowest BCUT2D eigenvalue weighted by molar-refractivity contribution is 1.07. The van der Waals surface area contributed by atoms with Gasteiger partial charge in [-0.2, -0.15) is 0 Å². The summed E-state index contributed by atoms with van der Waals surface area (Å²) in [6, 6.07) is 139. The van der Waals surface area contributed by atoms with Crippen molar-refractivity contribution >= 4 is 120 Å².